The molecule has 1 aliphatic heterocycles. The Labute approximate surface area is 269 Å². The molecular formula is C31H61N6O8+5. The van der Waals surface area contributed by atoms with Crippen LogP contribution in [-0.2, 0) is 25.4 Å². The van der Waals surface area contributed by atoms with Gasteiger partial charge < -0.3 is 57.3 Å². The van der Waals surface area contributed by atoms with Crippen molar-refractivity contribution in [2.45, 2.75) is 37.6 Å². The van der Waals surface area contributed by atoms with Crippen molar-refractivity contribution in [1.29, 1.82) is 5.39 Å². The van der Waals surface area contributed by atoms with Gasteiger partial charge in [0.2, 0.25) is 30.6 Å². The Morgan fingerprint density at radius 3 is 1.44 bits per heavy atom. The second-order valence-corrected chi connectivity index (χ2v) is 14.0. The molecule has 0 amide bonds. The molecular weight excluding hydrogens is 584 g/mol. The molecule has 14 heteroatoms. The van der Waals surface area contributed by atoms with Gasteiger partial charge in [-0.1, -0.05) is 12.1 Å². The molecule has 9 unspecified atom stereocenters. The van der Waals surface area contributed by atoms with Crippen molar-refractivity contribution in [3.8, 4) is 0 Å². The van der Waals surface area contributed by atoms with Gasteiger partial charge in [0, 0.05) is 47.0 Å². The van der Waals surface area contributed by atoms with Crippen LogP contribution in [0.2, 0.25) is 0 Å². The summed E-state index contributed by atoms with van der Waals surface area (Å²) in [4.78, 5) is 3.30. The number of hydrogen-bond donors (Lipinski definition) is 4. The lowest BCUT2D eigenvalue weighted by Crippen LogP contribution is -2.69. The van der Waals surface area contributed by atoms with E-state index in [-0.39, 0.29) is 6.04 Å². The van der Waals surface area contributed by atoms with Gasteiger partial charge in [-0.25, -0.2) is 0 Å². The zero-order valence-corrected chi connectivity index (χ0v) is 28.8. The summed E-state index contributed by atoms with van der Waals surface area (Å²) >= 11 is 0. The Kier molecular flexibility index (Phi) is 15.2. The molecule has 0 spiro atoms. The van der Waals surface area contributed by atoms with E-state index in [9.17, 15) is 25.8 Å². The van der Waals surface area contributed by atoms with Crippen LogP contribution in [0.25, 0.3) is 4.98 Å². The van der Waals surface area contributed by atoms with Gasteiger partial charge in [0.25, 0.3) is 0 Å². The van der Waals surface area contributed by atoms with Crippen molar-refractivity contribution >= 4 is 5.69 Å². The predicted octanol–water partition coefficient (Wildman–Crippen LogP) is -0.259. The lowest BCUT2D eigenvalue weighted by molar-refractivity contribution is -1.03. The minimum absolute atomic E-state index is 0.0516. The molecule has 45 heavy (non-hydrogen) atoms. The summed E-state index contributed by atoms with van der Waals surface area (Å²) < 4.78 is 23.3. The van der Waals surface area contributed by atoms with Crippen LogP contribution >= 0.6 is 0 Å². The first-order valence-corrected chi connectivity index (χ1v) is 15.7. The Morgan fingerprint density at radius 2 is 1.02 bits per heavy atom. The van der Waals surface area contributed by atoms with Crippen molar-refractivity contribution in [2.75, 3.05) is 129 Å². The highest BCUT2D eigenvalue weighted by molar-refractivity contribution is 5.44. The van der Waals surface area contributed by atoms with Gasteiger partial charge in [-0.05, 0) is 5.56 Å². The van der Waals surface area contributed by atoms with Crippen molar-refractivity contribution < 1.29 is 57.3 Å². The van der Waals surface area contributed by atoms with Crippen LogP contribution in [0, 0.1) is 5.39 Å². The summed E-state index contributed by atoms with van der Waals surface area (Å²) in [5.41, 5.74) is 1.51. The Balaban J connectivity index is 2.70. The predicted molar refractivity (Wildman–Crippen MR) is 169 cm³/mol. The molecule has 0 radical (unpaired) electrons. The summed E-state index contributed by atoms with van der Waals surface area (Å²) in [6.07, 6.45) is -3.21. The molecule has 0 bridgehead atoms. The number of methoxy groups -OCH3 is 4. The lowest BCUT2D eigenvalue weighted by Gasteiger charge is -2.50. The quantitative estimate of drug-likeness (QED) is 0.122. The number of aliphatic hydroxyl groups is 4. The van der Waals surface area contributed by atoms with Gasteiger partial charge in [-0.15, -0.1) is 0 Å². The lowest BCUT2D eigenvalue weighted by atomic mass is 9.99. The molecule has 0 aliphatic carbocycles. The Bertz CT molecular complexity index is 1070. The second kappa shape index (κ2) is 17.4. The van der Waals surface area contributed by atoms with E-state index in [1.807, 2.05) is 12.1 Å². The zero-order chi connectivity index (χ0) is 33.9. The first-order valence-electron chi connectivity index (χ1n) is 15.7. The first-order chi connectivity index (χ1) is 21.1. The summed E-state index contributed by atoms with van der Waals surface area (Å²) in [5, 5.41) is 52.1. The SMILES string of the molecule is COC(O)C[N+]1(C)CC[N+](C)(CC(O)OC)CC[N+](C)(CC(O)OC)C(Cc2ccc([N+]#N)cc2)C[N+](C)(CC(O)OC)CC1. The van der Waals surface area contributed by atoms with E-state index in [2.05, 4.69) is 33.2 Å². The summed E-state index contributed by atoms with van der Waals surface area (Å²) in [7, 11) is 14.5. The molecule has 1 fully saturated rings. The standard InChI is InChI=1S/C31H61N6O8/c1-34(21-28(38)42-5)13-14-35(2,22-29(39)43-6)17-18-37(4,24-31(41)45-8)27(19-25-9-11-26(33-32)12-10-25)20-36(3,16-15-34)23-30(40)44-7/h9-12,27-31,38-41H,13-24H2,1-8H3/q+5. The van der Waals surface area contributed by atoms with E-state index >= 15 is 0 Å². The van der Waals surface area contributed by atoms with Crippen LogP contribution in [0.1, 0.15) is 5.56 Å². The molecule has 258 valence electrons. The van der Waals surface area contributed by atoms with Crippen molar-refractivity contribution in [2.24, 2.45) is 0 Å². The average molecular weight is 646 g/mol. The largest absolute Gasteiger partial charge is 0.385 e. The van der Waals surface area contributed by atoms with Gasteiger partial charge in [0.1, 0.15) is 78.0 Å². The number of rotatable bonds is 14. The highest BCUT2D eigenvalue weighted by Gasteiger charge is 2.45. The summed E-state index contributed by atoms with van der Waals surface area (Å²) in [6, 6.07) is 7.39. The minimum Gasteiger partial charge on any atom is -0.364 e. The van der Waals surface area contributed by atoms with E-state index in [1.165, 1.54) is 28.4 Å². The number of aliphatic hydroxyl groups excluding tert-OH is 4. The normalized spacial score (nSPS) is 32.8. The maximum absolute atomic E-state index is 10.9. The first kappa shape index (κ1) is 39.3. The molecule has 14 nitrogen and oxygen atoms in total. The van der Waals surface area contributed by atoms with Gasteiger partial charge in [-0.2, -0.15) is 0 Å². The van der Waals surface area contributed by atoms with Crippen LogP contribution in [0.5, 0.6) is 0 Å². The van der Waals surface area contributed by atoms with Crippen molar-refractivity contribution in [1.82, 2.24) is 0 Å². The summed E-state index contributed by atoms with van der Waals surface area (Å²) in [5.74, 6) is 0. The molecule has 0 saturated carbocycles. The number of benzene rings is 1. The fourth-order valence-electron chi connectivity index (χ4n) is 6.45. The number of ether oxygens (including phenoxy) is 4. The van der Waals surface area contributed by atoms with Gasteiger partial charge in [0.05, 0.1) is 28.2 Å². The third-order valence-electron chi connectivity index (χ3n) is 10.0. The van der Waals surface area contributed by atoms with Crippen LogP contribution in [0.4, 0.5) is 5.69 Å². The minimum atomic E-state index is -0.997. The van der Waals surface area contributed by atoms with E-state index in [0.29, 0.717) is 102 Å². The van der Waals surface area contributed by atoms with E-state index in [4.69, 9.17) is 18.9 Å². The highest BCUT2D eigenvalue weighted by atomic mass is 16.6. The molecule has 0 aromatic heterocycles. The fourth-order valence-corrected chi connectivity index (χ4v) is 6.45. The van der Waals surface area contributed by atoms with E-state index in [1.54, 1.807) is 12.1 Å². The molecule has 1 aliphatic rings. The number of diazo groups is 1. The topological polar surface area (TPSA) is 146 Å². The molecule has 1 aromatic carbocycles. The van der Waals surface area contributed by atoms with Gasteiger partial charge >= 0.3 is 5.69 Å². The van der Waals surface area contributed by atoms with Crippen molar-refractivity contribution in [3.05, 3.63) is 34.8 Å². The molecule has 1 aromatic rings. The second-order valence-electron chi connectivity index (χ2n) is 14.0. The highest BCUT2D eigenvalue weighted by Crippen LogP contribution is 2.25. The van der Waals surface area contributed by atoms with E-state index < -0.39 is 25.2 Å². The zero-order valence-electron chi connectivity index (χ0n) is 28.8. The van der Waals surface area contributed by atoms with Crippen LogP contribution in [0.3, 0.4) is 0 Å². The molecule has 1 heterocycles. The molecule has 9 atom stereocenters. The van der Waals surface area contributed by atoms with Gasteiger partial charge in [0.15, 0.2) is 4.98 Å². The maximum Gasteiger partial charge on any atom is 0.385 e. The molecule has 1 saturated heterocycles. The molecule has 4 N–H and O–H groups in total. The third kappa shape index (κ3) is 12.4. The monoisotopic (exact) mass is 645 g/mol. The molecule has 2 rings (SSSR count). The number of nitrogens with zero attached hydrogens (tertiary/aromatic N) is 6. The van der Waals surface area contributed by atoms with E-state index in [0.717, 1.165) is 5.56 Å². The Morgan fingerprint density at radius 1 is 0.644 bits per heavy atom. The summed E-state index contributed by atoms with van der Waals surface area (Å²) in [6.45, 7) is 6.16. The third-order valence-corrected chi connectivity index (χ3v) is 10.0. The number of quaternary nitrogens is 4. The number of hydrogen-bond acceptors (Lipinski definition) is 9. The van der Waals surface area contributed by atoms with Crippen molar-refractivity contribution in [3.63, 3.8) is 0 Å². The maximum atomic E-state index is 10.9. The van der Waals surface area contributed by atoms with Crippen LogP contribution in [0.15, 0.2) is 24.3 Å². The van der Waals surface area contributed by atoms with Crippen LogP contribution in [-0.4, -0.2) is 198 Å². The average Bonchev–Trinajstić information content (AvgIpc) is 3.01. The number of likely N-dealkylation sites (N-methyl/N-ethyl adjacent to an activating group) is 4. The van der Waals surface area contributed by atoms with Gasteiger partial charge in [-0.3, -0.25) is 0 Å². The Hall–Kier alpha value is -1.84. The fraction of sp³-hybridized carbons (Fsp3) is 0.806. The van der Waals surface area contributed by atoms with Crippen LogP contribution < -0.4 is 0 Å². The smallest absolute Gasteiger partial charge is 0.364 e.